The number of hydrogen-bond donors (Lipinski definition) is 0. The van der Waals surface area contributed by atoms with Crippen molar-refractivity contribution in [1.82, 2.24) is 0 Å². The summed E-state index contributed by atoms with van der Waals surface area (Å²) in [6.07, 6.45) is 23.7. The van der Waals surface area contributed by atoms with Crippen molar-refractivity contribution >= 4 is 27.7 Å². The van der Waals surface area contributed by atoms with Gasteiger partial charge in [-0.2, -0.15) is 0 Å². The lowest BCUT2D eigenvalue weighted by atomic mass is 9.48. The first kappa shape index (κ1) is 27.5. The maximum absolute atomic E-state index is 3.63. The molecule has 0 N–H and O–H groups in total. The summed E-state index contributed by atoms with van der Waals surface area (Å²) in [5.74, 6) is 0. The van der Waals surface area contributed by atoms with E-state index in [0.717, 1.165) is 0 Å². The quantitative estimate of drug-likeness (QED) is 0.263. The van der Waals surface area contributed by atoms with Gasteiger partial charge in [0.05, 0.1) is 0 Å². The van der Waals surface area contributed by atoms with E-state index >= 15 is 0 Å². The van der Waals surface area contributed by atoms with Gasteiger partial charge in [-0.15, -0.1) is 27.7 Å². The summed E-state index contributed by atoms with van der Waals surface area (Å²) in [7, 11) is 10.9. The Labute approximate surface area is 197 Å². The fourth-order valence-corrected chi connectivity index (χ4v) is 12.0. The van der Waals surface area contributed by atoms with Crippen LogP contribution in [0, 0.1) is 10.8 Å². The van der Waals surface area contributed by atoms with E-state index in [4.69, 9.17) is 0 Å². The molecule has 0 aliphatic heterocycles. The van der Waals surface area contributed by atoms with Crippen molar-refractivity contribution in [3.05, 3.63) is 0 Å². The van der Waals surface area contributed by atoms with E-state index in [1.807, 2.05) is 0 Å². The Balaban J connectivity index is 2.70. The molecule has 2 fully saturated rings. The topological polar surface area (TPSA) is 0 Å². The van der Waals surface area contributed by atoms with Crippen LogP contribution in [0.15, 0.2) is 0 Å². The maximum atomic E-state index is 3.63. The van der Waals surface area contributed by atoms with E-state index < -0.39 is 0 Å². The van der Waals surface area contributed by atoms with Gasteiger partial charge >= 0.3 is 0 Å². The molecule has 3 heteroatoms. The first-order valence-corrected chi connectivity index (χ1v) is 15.3. The van der Waals surface area contributed by atoms with Crippen LogP contribution in [0.2, 0.25) is 0 Å². The van der Waals surface area contributed by atoms with Crippen molar-refractivity contribution in [2.24, 2.45) is 10.8 Å². The zero-order valence-corrected chi connectivity index (χ0v) is 24.7. The Hall–Kier alpha value is 1.29. The molecule has 0 radical (unpaired) electrons. The Morgan fingerprint density at radius 1 is 0.567 bits per heavy atom. The molecule has 0 saturated heterocycles. The number of hydrogen-bond acceptors (Lipinski definition) is 0. The normalized spacial score (nSPS) is 33.2. The molecule has 0 heterocycles. The van der Waals surface area contributed by atoms with E-state index in [0.29, 0.717) is 21.1 Å². The second-order valence-electron chi connectivity index (χ2n) is 11.2. The van der Waals surface area contributed by atoms with Crippen LogP contribution in [0.5, 0.6) is 0 Å². The smallest absolute Gasteiger partial charge is 0.00385 e. The van der Waals surface area contributed by atoms with Crippen molar-refractivity contribution in [1.29, 1.82) is 0 Å². The minimum Gasteiger partial charge on any atom is -0.130 e. The molecule has 2 rings (SSSR count). The van der Waals surface area contributed by atoms with Crippen LogP contribution in [-0.4, -0.2) is 15.5 Å². The largest absolute Gasteiger partial charge is 0.130 e. The predicted molar refractivity (Wildman–Crippen MR) is 149 cm³/mol. The third kappa shape index (κ3) is 4.25. The molecule has 5 unspecified atom stereocenters. The van der Waals surface area contributed by atoms with Gasteiger partial charge in [0.1, 0.15) is 0 Å². The van der Waals surface area contributed by atoms with Gasteiger partial charge in [0.25, 0.3) is 0 Å². The zero-order valence-electron chi connectivity index (χ0n) is 21.3. The lowest BCUT2D eigenvalue weighted by molar-refractivity contribution is -0.00119. The molecular formula is C27H55P3. The molecule has 0 amide bonds. The predicted octanol–water partition coefficient (Wildman–Crippen LogP) is 9.56. The van der Waals surface area contributed by atoms with E-state index in [2.05, 4.69) is 62.3 Å². The highest BCUT2D eigenvalue weighted by Crippen LogP contribution is 2.73. The second-order valence-corrected chi connectivity index (χ2v) is 14.2. The summed E-state index contributed by atoms with van der Waals surface area (Å²) in [5, 5.41) is 0.926. The Kier molecular flexibility index (Phi) is 10.2. The minimum absolute atomic E-state index is 0.269. The standard InChI is InChI=1S/C27H55P3/c1-6-15-23(16-7-2)19-11-13-21-26(23,29)25(28,10-5)27(30)22-14-12-20-24(27,17-8-3)18-9-4/h6-22,28-30H2,1-5H3. The highest BCUT2D eigenvalue weighted by molar-refractivity contribution is 7.28. The van der Waals surface area contributed by atoms with Gasteiger partial charge in [0.2, 0.25) is 0 Å². The summed E-state index contributed by atoms with van der Waals surface area (Å²) >= 11 is 0. The molecule has 0 nitrogen and oxygen atoms in total. The van der Waals surface area contributed by atoms with Crippen LogP contribution in [0.4, 0.5) is 0 Å². The highest BCUT2D eigenvalue weighted by atomic mass is 31.0. The van der Waals surface area contributed by atoms with E-state index in [1.165, 1.54) is 109 Å². The third-order valence-electron chi connectivity index (χ3n) is 9.91. The average Bonchev–Trinajstić information content (AvgIpc) is 2.72. The summed E-state index contributed by atoms with van der Waals surface area (Å²) in [6, 6.07) is 0. The average molecular weight is 473 g/mol. The van der Waals surface area contributed by atoms with Crippen LogP contribution in [-0.2, 0) is 0 Å². The minimum atomic E-state index is 0.269. The van der Waals surface area contributed by atoms with Gasteiger partial charge in [-0.1, -0.05) is 86.0 Å². The van der Waals surface area contributed by atoms with Gasteiger partial charge in [0.15, 0.2) is 0 Å². The SMILES string of the molecule is CCCC1(CCC)CCCCC1(P)C(P)(CC)C1(P)CCCCC1(CCC)CCC. The summed E-state index contributed by atoms with van der Waals surface area (Å²) in [5.41, 5.74) is 0.977. The Morgan fingerprint density at radius 3 is 1.13 bits per heavy atom. The molecule has 0 aromatic heterocycles. The van der Waals surface area contributed by atoms with Crippen LogP contribution in [0.25, 0.3) is 0 Å². The van der Waals surface area contributed by atoms with E-state index in [1.54, 1.807) is 0 Å². The Morgan fingerprint density at radius 2 is 0.867 bits per heavy atom. The van der Waals surface area contributed by atoms with Crippen LogP contribution in [0.3, 0.4) is 0 Å². The summed E-state index contributed by atoms with van der Waals surface area (Å²) in [4.78, 5) is 0. The van der Waals surface area contributed by atoms with Crippen LogP contribution >= 0.6 is 27.7 Å². The summed E-state index contributed by atoms with van der Waals surface area (Å²) in [6.45, 7) is 12.3. The first-order valence-electron chi connectivity index (χ1n) is 13.6. The fraction of sp³-hybridized carbons (Fsp3) is 1.00. The molecule has 2 aliphatic rings. The van der Waals surface area contributed by atoms with Gasteiger partial charge in [-0.25, -0.2) is 0 Å². The van der Waals surface area contributed by atoms with Crippen molar-refractivity contribution in [2.75, 3.05) is 0 Å². The number of rotatable bonds is 11. The fourth-order valence-electron chi connectivity index (χ4n) is 8.69. The van der Waals surface area contributed by atoms with Gasteiger partial charge in [-0.05, 0) is 68.6 Å². The highest BCUT2D eigenvalue weighted by Gasteiger charge is 2.67. The molecule has 0 spiro atoms. The Bertz CT molecular complexity index is 465. The van der Waals surface area contributed by atoms with Crippen molar-refractivity contribution < 1.29 is 0 Å². The summed E-state index contributed by atoms with van der Waals surface area (Å²) < 4.78 is 0. The van der Waals surface area contributed by atoms with Gasteiger partial charge < -0.3 is 0 Å². The van der Waals surface area contributed by atoms with E-state index in [9.17, 15) is 0 Å². The van der Waals surface area contributed by atoms with Gasteiger partial charge in [-0.3, -0.25) is 0 Å². The molecule has 0 bridgehead atoms. The third-order valence-corrected chi connectivity index (χ3v) is 14.8. The lowest BCUT2D eigenvalue weighted by Gasteiger charge is -2.70. The molecule has 30 heavy (non-hydrogen) atoms. The monoisotopic (exact) mass is 472 g/mol. The van der Waals surface area contributed by atoms with Crippen molar-refractivity contribution in [3.63, 3.8) is 0 Å². The molecular weight excluding hydrogens is 417 g/mol. The first-order chi connectivity index (χ1) is 14.2. The maximum Gasteiger partial charge on any atom is 0.00385 e. The zero-order chi connectivity index (χ0) is 22.5. The van der Waals surface area contributed by atoms with Crippen LogP contribution < -0.4 is 0 Å². The molecule has 178 valence electrons. The molecule has 0 aromatic rings. The second kappa shape index (κ2) is 11.1. The van der Waals surface area contributed by atoms with Gasteiger partial charge in [0, 0.05) is 15.5 Å². The molecule has 0 aromatic carbocycles. The van der Waals surface area contributed by atoms with Crippen LogP contribution in [0.1, 0.15) is 144 Å². The molecule has 2 aliphatic carbocycles. The van der Waals surface area contributed by atoms with Crippen molar-refractivity contribution in [2.45, 2.75) is 159 Å². The van der Waals surface area contributed by atoms with E-state index in [-0.39, 0.29) is 5.16 Å². The van der Waals surface area contributed by atoms with Crippen molar-refractivity contribution in [3.8, 4) is 0 Å². The molecule has 2 saturated carbocycles. The molecule has 5 atom stereocenters. The lowest BCUT2D eigenvalue weighted by Crippen LogP contribution is -2.70.